The lowest BCUT2D eigenvalue weighted by molar-refractivity contribution is -0.132. The number of amides is 2. The van der Waals surface area contributed by atoms with Gasteiger partial charge in [0.25, 0.3) is 0 Å². The lowest BCUT2D eigenvalue weighted by atomic mass is 10.1. The van der Waals surface area contributed by atoms with Crippen molar-refractivity contribution in [2.45, 2.75) is 13.0 Å². The van der Waals surface area contributed by atoms with Crippen molar-refractivity contribution >= 4 is 17.5 Å². The number of benzene rings is 2. The molecule has 0 bridgehead atoms. The summed E-state index contributed by atoms with van der Waals surface area (Å²) < 4.78 is 26.1. The normalized spacial score (nSPS) is 17.2. The van der Waals surface area contributed by atoms with Crippen molar-refractivity contribution in [3.8, 4) is 0 Å². The SMILES string of the molecule is O=C(NCc1cccc(F)c1)[C@@H]1CCN(c2ccc(F)cc2)C1=O. The summed E-state index contributed by atoms with van der Waals surface area (Å²) in [5.41, 5.74) is 1.20. The minimum atomic E-state index is -0.774. The Bertz CT molecular complexity index is 762. The predicted octanol–water partition coefficient (Wildman–Crippen LogP) is 2.63. The predicted molar refractivity (Wildman–Crippen MR) is 85.1 cm³/mol. The van der Waals surface area contributed by atoms with E-state index in [9.17, 15) is 18.4 Å². The maximum Gasteiger partial charge on any atom is 0.239 e. The van der Waals surface area contributed by atoms with Crippen LogP contribution in [0.4, 0.5) is 14.5 Å². The molecule has 2 aromatic rings. The van der Waals surface area contributed by atoms with Gasteiger partial charge in [-0.2, -0.15) is 0 Å². The molecular formula is C18H16F2N2O2. The molecule has 1 saturated heterocycles. The molecule has 1 aliphatic rings. The number of anilines is 1. The van der Waals surface area contributed by atoms with Crippen molar-refractivity contribution in [3.63, 3.8) is 0 Å². The van der Waals surface area contributed by atoms with E-state index in [4.69, 9.17) is 0 Å². The van der Waals surface area contributed by atoms with Gasteiger partial charge in [0, 0.05) is 18.8 Å². The van der Waals surface area contributed by atoms with Crippen LogP contribution >= 0.6 is 0 Å². The number of halogens is 2. The maximum absolute atomic E-state index is 13.1. The van der Waals surface area contributed by atoms with Gasteiger partial charge in [-0.25, -0.2) is 8.78 Å². The Morgan fingerprint density at radius 2 is 1.88 bits per heavy atom. The van der Waals surface area contributed by atoms with Gasteiger partial charge >= 0.3 is 0 Å². The van der Waals surface area contributed by atoms with Gasteiger partial charge in [-0.15, -0.1) is 0 Å². The Hall–Kier alpha value is -2.76. The number of hydrogen-bond donors (Lipinski definition) is 1. The van der Waals surface area contributed by atoms with E-state index in [0.29, 0.717) is 24.2 Å². The van der Waals surface area contributed by atoms with E-state index >= 15 is 0 Å². The molecule has 0 aromatic heterocycles. The summed E-state index contributed by atoms with van der Waals surface area (Å²) in [5.74, 6) is -2.22. The Morgan fingerprint density at radius 3 is 2.58 bits per heavy atom. The smallest absolute Gasteiger partial charge is 0.239 e. The van der Waals surface area contributed by atoms with E-state index in [-0.39, 0.29) is 30.0 Å². The third-order valence-electron chi connectivity index (χ3n) is 4.02. The zero-order chi connectivity index (χ0) is 17.1. The van der Waals surface area contributed by atoms with E-state index < -0.39 is 5.92 Å². The van der Waals surface area contributed by atoms with Crippen LogP contribution in [-0.2, 0) is 16.1 Å². The second-order valence-electron chi connectivity index (χ2n) is 5.66. The van der Waals surface area contributed by atoms with E-state index in [1.54, 1.807) is 12.1 Å². The molecule has 2 aromatic carbocycles. The number of nitrogens with one attached hydrogen (secondary N) is 1. The van der Waals surface area contributed by atoms with E-state index in [2.05, 4.69) is 5.32 Å². The summed E-state index contributed by atoms with van der Waals surface area (Å²) in [6.45, 7) is 0.569. The summed E-state index contributed by atoms with van der Waals surface area (Å²) in [6.07, 6.45) is 0.394. The molecule has 124 valence electrons. The molecule has 1 fully saturated rings. The van der Waals surface area contributed by atoms with Gasteiger partial charge in [-0.3, -0.25) is 9.59 Å². The highest BCUT2D eigenvalue weighted by Crippen LogP contribution is 2.25. The first-order chi connectivity index (χ1) is 11.5. The topological polar surface area (TPSA) is 49.4 Å². The van der Waals surface area contributed by atoms with Crippen molar-refractivity contribution in [1.82, 2.24) is 5.32 Å². The quantitative estimate of drug-likeness (QED) is 0.876. The number of carbonyl (C=O) groups excluding carboxylic acids is 2. The molecule has 0 aliphatic carbocycles. The summed E-state index contributed by atoms with van der Waals surface area (Å²) >= 11 is 0. The first-order valence-electron chi connectivity index (χ1n) is 7.64. The van der Waals surface area contributed by atoms with Crippen LogP contribution in [0.25, 0.3) is 0 Å². The average Bonchev–Trinajstić information content (AvgIpc) is 2.95. The van der Waals surface area contributed by atoms with Gasteiger partial charge in [0.05, 0.1) is 0 Å². The molecule has 1 N–H and O–H groups in total. The second kappa shape index (κ2) is 6.78. The third-order valence-corrected chi connectivity index (χ3v) is 4.02. The third kappa shape index (κ3) is 3.42. The fourth-order valence-electron chi connectivity index (χ4n) is 2.76. The molecule has 0 unspecified atom stereocenters. The standard InChI is InChI=1S/C18H16F2N2O2/c19-13-4-6-15(7-5-13)22-9-8-16(18(22)24)17(23)21-11-12-2-1-3-14(20)10-12/h1-7,10,16H,8-9,11H2,(H,21,23)/t16-/m0/s1. The molecule has 0 radical (unpaired) electrons. The Labute approximate surface area is 138 Å². The molecule has 1 heterocycles. The zero-order valence-electron chi connectivity index (χ0n) is 12.8. The molecule has 2 amide bonds. The fraction of sp³-hybridized carbons (Fsp3) is 0.222. The number of hydrogen-bond acceptors (Lipinski definition) is 2. The van der Waals surface area contributed by atoms with Gasteiger partial charge in [0.1, 0.15) is 17.6 Å². The van der Waals surface area contributed by atoms with Crippen LogP contribution in [0.3, 0.4) is 0 Å². The zero-order valence-corrected chi connectivity index (χ0v) is 12.8. The highest BCUT2D eigenvalue weighted by Gasteiger charge is 2.37. The van der Waals surface area contributed by atoms with Crippen LogP contribution in [-0.4, -0.2) is 18.4 Å². The Balaban J connectivity index is 1.62. The molecular weight excluding hydrogens is 314 g/mol. The average molecular weight is 330 g/mol. The van der Waals surface area contributed by atoms with Crippen molar-refractivity contribution in [1.29, 1.82) is 0 Å². The maximum atomic E-state index is 13.1. The molecule has 1 aliphatic heterocycles. The van der Waals surface area contributed by atoms with Crippen LogP contribution in [0.15, 0.2) is 48.5 Å². The van der Waals surface area contributed by atoms with Gasteiger partial charge in [-0.05, 0) is 48.4 Å². The second-order valence-corrected chi connectivity index (χ2v) is 5.66. The minimum absolute atomic E-state index is 0.164. The van der Waals surface area contributed by atoms with Gasteiger partial charge in [0.15, 0.2) is 0 Å². The van der Waals surface area contributed by atoms with E-state index in [0.717, 1.165) is 0 Å². The first-order valence-corrected chi connectivity index (χ1v) is 7.64. The van der Waals surface area contributed by atoms with Crippen LogP contribution < -0.4 is 10.2 Å². The highest BCUT2D eigenvalue weighted by molar-refractivity contribution is 6.09. The molecule has 24 heavy (non-hydrogen) atoms. The fourth-order valence-corrected chi connectivity index (χ4v) is 2.76. The van der Waals surface area contributed by atoms with Crippen LogP contribution in [0, 0.1) is 17.6 Å². The molecule has 6 heteroatoms. The monoisotopic (exact) mass is 330 g/mol. The Morgan fingerprint density at radius 1 is 1.12 bits per heavy atom. The summed E-state index contributed by atoms with van der Waals surface area (Å²) in [7, 11) is 0. The Kier molecular flexibility index (Phi) is 4.55. The summed E-state index contributed by atoms with van der Waals surface area (Å²) in [4.78, 5) is 26.1. The highest BCUT2D eigenvalue weighted by atomic mass is 19.1. The number of carbonyl (C=O) groups is 2. The van der Waals surface area contributed by atoms with Gasteiger partial charge in [-0.1, -0.05) is 12.1 Å². The molecule has 4 nitrogen and oxygen atoms in total. The number of nitrogens with zero attached hydrogens (tertiary/aromatic N) is 1. The van der Waals surface area contributed by atoms with Crippen LogP contribution in [0.2, 0.25) is 0 Å². The first kappa shape index (κ1) is 16.1. The summed E-state index contributed by atoms with van der Waals surface area (Å²) in [6, 6.07) is 11.5. The number of rotatable bonds is 4. The molecule has 3 rings (SSSR count). The van der Waals surface area contributed by atoms with Crippen molar-refractivity contribution in [2.24, 2.45) is 5.92 Å². The van der Waals surface area contributed by atoms with Crippen LogP contribution in [0.1, 0.15) is 12.0 Å². The molecule has 0 saturated carbocycles. The van der Waals surface area contributed by atoms with Crippen molar-refractivity contribution in [3.05, 3.63) is 65.7 Å². The van der Waals surface area contributed by atoms with Crippen molar-refractivity contribution in [2.75, 3.05) is 11.4 Å². The van der Waals surface area contributed by atoms with Gasteiger partial charge < -0.3 is 10.2 Å². The largest absolute Gasteiger partial charge is 0.351 e. The molecule has 1 atom stereocenters. The minimum Gasteiger partial charge on any atom is -0.351 e. The lowest BCUT2D eigenvalue weighted by Crippen LogP contribution is -2.36. The van der Waals surface area contributed by atoms with Crippen molar-refractivity contribution < 1.29 is 18.4 Å². The van der Waals surface area contributed by atoms with Gasteiger partial charge in [0.2, 0.25) is 11.8 Å². The van der Waals surface area contributed by atoms with E-state index in [1.807, 2.05) is 0 Å². The summed E-state index contributed by atoms with van der Waals surface area (Å²) in [5, 5.41) is 2.67. The van der Waals surface area contributed by atoms with E-state index in [1.165, 1.54) is 41.3 Å². The lowest BCUT2D eigenvalue weighted by Gasteiger charge is -2.16. The molecule has 0 spiro atoms. The van der Waals surface area contributed by atoms with Crippen LogP contribution in [0.5, 0.6) is 0 Å².